The number of hydrogen-bond donors (Lipinski definition) is 1. The Labute approximate surface area is 112 Å². The molecule has 4 nitrogen and oxygen atoms in total. The van der Waals surface area contributed by atoms with Crippen molar-refractivity contribution in [3.8, 4) is 6.07 Å². The van der Waals surface area contributed by atoms with Crippen LogP contribution < -0.4 is 5.32 Å². The van der Waals surface area contributed by atoms with Gasteiger partial charge in [0.25, 0.3) is 0 Å². The molecule has 0 fully saturated rings. The summed E-state index contributed by atoms with van der Waals surface area (Å²) in [6, 6.07) is 8.06. The van der Waals surface area contributed by atoms with Gasteiger partial charge in [-0.25, -0.2) is 8.42 Å². The highest BCUT2D eigenvalue weighted by molar-refractivity contribution is 7.98. The van der Waals surface area contributed by atoms with Crippen LogP contribution in [-0.4, -0.2) is 39.3 Å². The Bertz CT molecular complexity index is 521. The summed E-state index contributed by atoms with van der Waals surface area (Å²) in [6.45, 7) is 1.23. The zero-order chi connectivity index (χ0) is 13.4. The molecule has 0 heterocycles. The number of hydrogen-bond acceptors (Lipinski definition) is 5. The van der Waals surface area contributed by atoms with Crippen molar-refractivity contribution in [2.75, 3.05) is 30.9 Å². The standard InChI is InChI=1S/C12H16N2O2S2/c1-17-7-5-14-6-8-18(15,16)12-4-2-3-11(9-12)10-13/h2-4,9,14H,5-8H2,1H3. The first-order valence-electron chi connectivity index (χ1n) is 5.53. The van der Waals surface area contributed by atoms with Crippen LogP contribution in [0.1, 0.15) is 5.56 Å². The number of sulfone groups is 1. The Morgan fingerprint density at radius 3 is 2.83 bits per heavy atom. The third-order valence-corrected chi connectivity index (χ3v) is 4.68. The summed E-state index contributed by atoms with van der Waals surface area (Å²) in [7, 11) is -3.30. The van der Waals surface area contributed by atoms with Crippen LogP contribution in [0.2, 0.25) is 0 Å². The topological polar surface area (TPSA) is 70.0 Å². The van der Waals surface area contributed by atoms with Crippen LogP contribution >= 0.6 is 11.8 Å². The van der Waals surface area contributed by atoms with Gasteiger partial charge in [-0.3, -0.25) is 0 Å². The molecule has 98 valence electrons. The van der Waals surface area contributed by atoms with Gasteiger partial charge in [-0.05, 0) is 24.5 Å². The van der Waals surface area contributed by atoms with Gasteiger partial charge in [0.15, 0.2) is 9.84 Å². The van der Waals surface area contributed by atoms with Gasteiger partial charge in [-0.15, -0.1) is 0 Å². The molecule has 1 rings (SSSR count). The van der Waals surface area contributed by atoms with E-state index in [0.29, 0.717) is 12.1 Å². The summed E-state index contributed by atoms with van der Waals surface area (Å²) in [5, 5.41) is 11.8. The highest BCUT2D eigenvalue weighted by Gasteiger charge is 2.14. The van der Waals surface area contributed by atoms with E-state index in [-0.39, 0.29) is 10.6 Å². The quantitative estimate of drug-likeness (QED) is 0.764. The van der Waals surface area contributed by atoms with E-state index in [1.165, 1.54) is 12.1 Å². The van der Waals surface area contributed by atoms with E-state index in [9.17, 15) is 8.42 Å². The monoisotopic (exact) mass is 284 g/mol. The molecule has 0 saturated heterocycles. The predicted molar refractivity (Wildman–Crippen MR) is 74.5 cm³/mol. The van der Waals surface area contributed by atoms with Crippen LogP contribution in [0.4, 0.5) is 0 Å². The number of thioether (sulfide) groups is 1. The minimum Gasteiger partial charge on any atom is -0.315 e. The van der Waals surface area contributed by atoms with Crippen molar-refractivity contribution in [1.29, 1.82) is 5.26 Å². The smallest absolute Gasteiger partial charge is 0.179 e. The Morgan fingerprint density at radius 2 is 2.17 bits per heavy atom. The fourth-order valence-electron chi connectivity index (χ4n) is 1.38. The molecule has 0 spiro atoms. The Hall–Kier alpha value is -1.03. The van der Waals surface area contributed by atoms with Crippen molar-refractivity contribution in [1.82, 2.24) is 5.32 Å². The van der Waals surface area contributed by atoms with Gasteiger partial charge >= 0.3 is 0 Å². The molecule has 18 heavy (non-hydrogen) atoms. The van der Waals surface area contributed by atoms with Gasteiger partial charge in [0.1, 0.15) is 0 Å². The van der Waals surface area contributed by atoms with Crippen molar-refractivity contribution in [2.45, 2.75) is 4.90 Å². The lowest BCUT2D eigenvalue weighted by Gasteiger charge is -2.06. The molecule has 0 amide bonds. The first-order valence-corrected chi connectivity index (χ1v) is 8.57. The average Bonchev–Trinajstić information content (AvgIpc) is 2.38. The van der Waals surface area contributed by atoms with Crippen LogP contribution in [0.15, 0.2) is 29.2 Å². The molecule has 0 aliphatic heterocycles. The van der Waals surface area contributed by atoms with Gasteiger partial charge in [-0.2, -0.15) is 17.0 Å². The second-order valence-corrected chi connectivity index (χ2v) is 6.80. The normalized spacial score (nSPS) is 11.1. The molecule has 0 atom stereocenters. The minimum atomic E-state index is -3.30. The van der Waals surface area contributed by atoms with Gasteiger partial charge in [-0.1, -0.05) is 6.07 Å². The molecule has 1 aromatic rings. The second-order valence-electron chi connectivity index (χ2n) is 3.70. The molecule has 0 aromatic heterocycles. The summed E-state index contributed by atoms with van der Waals surface area (Å²) in [5.41, 5.74) is 0.367. The Morgan fingerprint density at radius 1 is 1.39 bits per heavy atom. The molecule has 0 aliphatic rings. The molecular formula is C12H16N2O2S2. The lowest BCUT2D eigenvalue weighted by molar-refractivity contribution is 0.592. The zero-order valence-electron chi connectivity index (χ0n) is 10.2. The number of benzene rings is 1. The predicted octanol–water partition coefficient (Wildman–Crippen LogP) is 1.28. The Balaban J connectivity index is 2.60. The van der Waals surface area contributed by atoms with E-state index in [2.05, 4.69) is 5.32 Å². The molecule has 0 aliphatic carbocycles. The number of nitrogens with one attached hydrogen (secondary N) is 1. The van der Waals surface area contributed by atoms with Crippen LogP contribution in [-0.2, 0) is 9.84 Å². The van der Waals surface area contributed by atoms with E-state index in [4.69, 9.17) is 5.26 Å². The van der Waals surface area contributed by atoms with Gasteiger partial charge in [0.05, 0.1) is 22.3 Å². The first kappa shape index (κ1) is 15.0. The van der Waals surface area contributed by atoms with E-state index < -0.39 is 9.84 Å². The third-order valence-electron chi connectivity index (χ3n) is 2.35. The molecule has 0 unspecified atom stereocenters. The molecular weight excluding hydrogens is 268 g/mol. The molecule has 0 radical (unpaired) electrons. The van der Waals surface area contributed by atoms with E-state index in [1.54, 1.807) is 23.9 Å². The molecule has 0 bridgehead atoms. The van der Waals surface area contributed by atoms with E-state index >= 15 is 0 Å². The number of nitriles is 1. The zero-order valence-corrected chi connectivity index (χ0v) is 11.9. The van der Waals surface area contributed by atoms with Crippen LogP contribution in [0.5, 0.6) is 0 Å². The maximum atomic E-state index is 12.0. The van der Waals surface area contributed by atoms with Crippen molar-refractivity contribution in [3.63, 3.8) is 0 Å². The fourth-order valence-corrected chi connectivity index (χ4v) is 2.97. The van der Waals surface area contributed by atoms with Crippen molar-refractivity contribution < 1.29 is 8.42 Å². The summed E-state index contributed by atoms with van der Waals surface area (Å²) in [5.74, 6) is 1.01. The van der Waals surface area contributed by atoms with Gasteiger partial charge in [0.2, 0.25) is 0 Å². The van der Waals surface area contributed by atoms with E-state index in [1.807, 2.05) is 12.3 Å². The van der Waals surface area contributed by atoms with Gasteiger partial charge < -0.3 is 5.32 Å². The maximum absolute atomic E-state index is 12.0. The van der Waals surface area contributed by atoms with Crippen LogP contribution in [0.3, 0.4) is 0 Å². The lowest BCUT2D eigenvalue weighted by Crippen LogP contribution is -2.25. The molecule has 1 aromatic carbocycles. The molecule has 6 heteroatoms. The average molecular weight is 284 g/mol. The van der Waals surface area contributed by atoms with E-state index in [0.717, 1.165) is 12.3 Å². The Kier molecular flexibility index (Phi) is 6.19. The third kappa shape index (κ3) is 4.69. The summed E-state index contributed by atoms with van der Waals surface area (Å²) in [6.07, 6.45) is 2.01. The SMILES string of the molecule is CSCCNCCS(=O)(=O)c1cccc(C#N)c1. The minimum absolute atomic E-state index is 0.0518. The maximum Gasteiger partial charge on any atom is 0.179 e. The highest BCUT2D eigenvalue weighted by atomic mass is 32.2. The molecule has 1 N–H and O–H groups in total. The summed E-state index contributed by atoms with van der Waals surface area (Å²) < 4.78 is 24.0. The highest BCUT2D eigenvalue weighted by Crippen LogP contribution is 2.12. The first-order chi connectivity index (χ1) is 8.60. The lowest BCUT2D eigenvalue weighted by atomic mass is 10.2. The summed E-state index contributed by atoms with van der Waals surface area (Å²) >= 11 is 1.71. The van der Waals surface area contributed by atoms with Crippen molar-refractivity contribution in [3.05, 3.63) is 29.8 Å². The fraction of sp³-hybridized carbons (Fsp3) is 0.417. The second kappa shape index (κ2) is 7.41. The number of nitrogens with zero attached hydrogens (tertiary/aromatic N) is 1. The van der Waals surface area contributed by atoms with Crippen molar-refractivity contribution in [2.24, 2.45) is 0 Å². The number of rotatable bonds is 7. The van der Waals surface area contributed by atoms with Gasteiger partial charge in [0, 0.05) is 18.8 Å². The van der Waals surface area contributed by atoms with Crippen LogP contribution in [0, 0.1) is 11.3 Å². The van der Waals surface area contributed by atoms with Crippen LogP contribution in [0.25, 0.3) is 0 Å². The molecule has 0 saturated carbocycles. The largest absolute Gasteiger partial charge is 0.315 e. The summed E-state index contributed by atoms with van der Waals surface area (Å²) in [4.78, 5) is 0.216. The van der Waals surface area contributed by atoms with Crippen molar-refractivity contribution >= 4 is 21.6 Å².